The quantitative estimate of drug-likeness (QED) is 0.152. The van der Waals surface area contributed by atoms with Crippen LogP contribution in [-0.2, 0) is 11.8 Å². The van der Waals surface area contributed by atoms with Crippen LogP contribution in [0.15, 0.2) is 73.1 Å². The second kappa shape index (κ2) is 11.6. The Balaban J connectivity index is 1.01. The van der Waals surface area contributed by atoms with Gasteiger partial charge in [0.15, 0.2) is 0 Å². The summed E-state index contributed by atoms with van der Waals surface area (Å²) in [6, 6.07) is 23.8. The maximum absolute atomic E-state index is 4.74. The zero-order valence-electron chi connectivity index (χ0n) is 27.7. The average molecular weight is 623 g/mol. The molecule has 1 spiro atoms. The first-order valence-corrected chi connectivity index (χ1v) is 18.0. The highest BCUT2D eigenvalue weighted by atomic mass is 15.1. The number of benzene rings is 3. The van der Waals surface area contributed by atoms with Gasteiger partial charge in [-0.15, -0.1) is 0 Å². The largest absolute Gasteiger partial charge is 0.341 e. The molecule has 2 aliphatic carbocycles. The van der Waals surface area contributed by atoms with Crippen LogP contribution in [0.3, 0.4) is 0 Å². The Kier molecular flexibility index (Phi) is 7.20. The minimum atomic E-state index is 0.321. The molecule has 6 heteroatoms. The summed E-state index contributed by atoms with van der Waals surface area (Å²) in [5, 5.41) is 7.20. The number of rotatable bonds is 6. The number of fused-ring (bicyclic) bond motifs is 2. The van der Waals surface area contributed by atoms with Crippen LogP contribution in [0.25, 0.3) is 44.8 Å². The van der Waals surface area contributed by atoms with Crippen LogP contribution in [0.5, 0.6) is 0 Å². The van der Waals surface area contributed by atoms with E-state index in [0.29, 0.717) is 29.3 Å². The molecule has 4 aliphatic rings. The van der Waals surface area contributed by atoms with Crippen molar-refractivity contribution in [2.75, 3.05) is 13.1 Å². The molecule has 3 fully saturated rings. The van der Waals surface area contributed by atoms with E-state index in [1.54, 1.807) is 11.1 Å². The Hall–Kier alpha value is -4.00. The Morgan fingerprint density at radius 1 is 0.596 bits per heavy atom. The molecular formula is C41H46N6. The van der Waals surface area contributed by atoms with Gasteiger partial charge in [0, 0.05) is 0 Å². The molecule has 5 aromatic rings. The van der Waals surface area contributed by atoms with Gasteiger partial charge in [-0.2, -0.15) is 0 Å². The Bertz CT molecular complexity index is 1890. The van der Waals surface area contributed by atoms with Crippen LogP contribution in [0, 0.1) is 11.8 Å². The summed E-state index contributed by atoms with van der Waals surface area (Å²) < 4.78 is 0. The number of hydrogen-bond acceptors (Lipinski definition) is 4. The fraction of sp³-hybridized carbons (Fsp3) is 0.415. The van der Waals surface area contributed by atoms with E-state index in [2.05, 4.69) is 95.1 Å². The van der Waals surface area contributed by atoms with Crippen molar-refractivity contribution in [1.82, 2.24) is 30.6 Å². The molecule has 2 aliphatic heterocycles. The molecule has 9 rings (SSSR count). The molecule has 1 saturated carbocycles. The average Bonchev–Trinajstić information content (AvgIpc) is 3.95. The van der Waals surface area contributed by atoms with Crippen LogP contribution >= 0.6 is 0 Å². The lowest BCUT2D eigenvalue weighted by molar-refractivity contribution is 0.440. The van der Waals surface area contributed by atoms with Gasteiger partial charge in [0.2, 0.25) is 0 Å². The third-order valence-corrected chi connectivity index (χ3v) is 11.8. The van der Waals surface area contributed by atoms with Crippen molar-refractivity contribution in [2.24, 2.45) is 11.8 Å². The number of aromatic nitrogens is 4. The molecule has 2 aromatic heterocycles. The number of hydrogen-bond donors (Lipinski definition) is 4. The van der Waals surface area contributed by atoms with Crippen LogP contribution in [0.4, 0.5) is 0 Å². The highest BCUT2D eigenvalue weighted by Gasteiger charge is 2.43. The summed E-state index contributed by atoms with van der Waals surface area (Å²) in [5.41, 5.74) is 13.6. The minimum Gasteiger partial charge on any atom is -0.341 e. The van der Waals surface area contributed by atoms with E-state index in [9.17, 15) is 0 Å². The lowest BCUT2D eigenvalue weighted by Gasteiger charge is -2.28. The zero-order chi connectivity index (χ0) is 31.5. The van der Waals surface area contributed by atoms with Gasteiger partial charge in [0.1, 0.15) is 11.6 Å². The van der Waals surface area contributed by atoms with E-state index in [0.717, 1.165) is 49.0 Å². The van der Waals surface area contributed by atoms with Crippen molar-refractivity contribution in [1.29, 1.82) is 0 Å². The lowest BCUT2D eigenvalue weighted by atomic mass is 9.76. The van der Waals surface area contributed by atoms with Gasteiger partial charge in [-0.05, 0) is 113 Å². The van der Waals surface area contributed by atoms with Gasteiger partial charge >= 0.3 is 0 Å². The van der Waals surface area contributed by atoms with Gasteiger partial charge < -0.3 is 20.6 Å². The molecule has 4 N–H and O–H groups in total. The summed E-state index contributed by atoms with van der Waals surface area (Å²) in [6.45, 7) is 6.73. The van der Waals surface area contributed by atoms with Crippen molar-refractivity contribution in [3.05, 3.63) is 95.8 Å². The molecule has 4 unspecified atom stereocenters. The van der Waals surface area contributed by atoms with Crippen molar-refractivity contribution >= 4 is 0 Å². The van der Waals surface area contributed by atoms with Crippen molar-refractivity contribution in [3.63, 3.8) is 0 Å². The molecule has 240 valence electrons. The van der Waals surface area contributed by atoms with E-state index in [1.807, 2.05) is 12.4 Å². The topological polar surface area (TPSA) is 81.4 Å². The summed E-state index contributed by atoms with van der Waals surface area (Å²) in [6.07, 6.45) is 14.0. The maximum atomic E-state index is 4.74. The molecular weight excluding hydrogens is 576 g/mol. The first-order chi connectivity index (χ1) is 23.0. The van der Waals surface area contributed by atoms with Gasteiger partial charge in [-0.1, -0.05) is 87.4 Å². The van der Waals surface area contributed by atoms with Crippen molar-refractivity contribution in [2.45, 2.75) is 82.7 Å². The fourth-order valence-corrected chi connectivity index (χ4v) is 9.29. The monoisotopic (exact) mass is 622 g/mol. The predicted molar refractivity (Wildman–Crippen MR) is 190 cm³/mol. The smallest absolute Gasteiger partial charge is 0.123 e. The maximum Gasteiger partial charge on any atom is 0.123 e. The minimum absolute atomic E-state index is 0.321. The van der Waals surface area contributed by atoms with Gasteiger partial charge in [-0.3, -0.25) is 0 Å². The van der Waals surface area contributed by atoms with Crippen LogP contribution in [0.2, 0.25) is 0 Å². The third-order valence-electron chi connectivity index (χ3n) is 11.8. The lowest BCUT2D eigenvalue weighted by Crippen LogP contribution is -2.19. The Morgan fingerprint density at radius 3 is 1.60 bits per heavy atom. The predicted octanol–water partition coefficient (Wildman–Crippen LogP) is 8.90. The fourth-order valence-electron chi connectivity index (χ4n) is 9.29. The summed E-state index contributed by atoms with van der Waals surface area (Å²) in [4.78, 5) is 16.7. The number of nitrogens with zero attached hydrogens (tertiary/aromatic N) is 2. The molecule has 6 nitrogen and oxygen atoms in total. The van der Waals surface area contributed by atoms with Gasteiger partial charge in [0.25, 0.3) is 0 Å². The molecule has 2 saturated heterocycles. The molecule has 47 heavy (non-hydrogen) atoms. The molecule has 0 bridgehead atoms. The van der Waals surface area contributed by atoms with Crippen LogP contribution in [0.1, 0.15) is 93.7 Å². The molecule has 3 aromatic carbocycles. The van der Waals surface area contributed by atoms with E-state index in [1.165, 1.54) is 71.9 Å². The summed E-state index contributed by atoms with van der Waals surface area (Å²) >= 11 is 0. The first-order valence-electron chi connectivity index (χ1n) is 18.0. The Morgan fingerprint density at radius 2 is 1.09 bits per heavy atom. The number of nitrogens with one attached hydrogen (secondary N) is 4. The highest BCUT2D eigenvalue weighted by Crippen LogP contribution is 2.55. The van der Waals surface area contributed by atoms with E-state index in [4.69, 9.17) is 9.97 Å². The normalized spacial score (nSPS) is 24.8. The number of H-pyrrole nitrogens is 2. The van der Waals surface area contributed by atoms with Crippen molar-refractivity contribution in [3.8, 4) is 44.8 Å². The zero-order valence-corrected chi connectivity index (χ0v) is 27.7. The van der Waals surface area contributed by atoms with Crippen LogP contribution in [-0.4, -0.2) is 33.0 Å². The van der Waals surface area contributed by atoms with Crippen LogP contribution < -0.4 is 10.6 Å². The second-order valence-electron chi connectivity index (χ2n) is 15.1. The Labute approximate surface area is 278 Å². The SMILES string of the molecule is CC1CNC(c2ncc(-c3ccc(-c4ccc(-c5ccc(-c6cnc(C7CC(C)CN7)[nH]6)cc5)c5c4CCC54CCCC4)cc3)[nH]2)C1. The van der Waals surface area contributed by atoms with E-state index in [-0.39, 0.29) is 0 Å². The standard InChI is InChI=1S/C41H46N6/c1-25-19-34(42-21-25)39-44-23-36(46-39)29-9-5-27(6-10-29)31-13-14-32(38-33(31)15-18-41(38)16-3-4-17-41)28-7-11-30(12-8-28)37-24-45-40(47-37)35-20-26(2)22-43-35/h5-14,23-26,34-35,42-43H,3-4,15-22H2,1-2H3,(H,44,46)(H,45,47). The highest BCUT2D eigenvalue weighted by molar-refractivity contribution is 5.81. The number of aromatic amines is 2. The summed E-state index contributed by atoms with van der Waals surface area (Å²) in [5.74, 6) is 3.51. The van der Waals surface area contributed by atoms with E-state index < -0.39 is 0 Å². The van der Waals surface area contributed by atoms with Gasteiger partial charge in [0.05, 0.1) is 35.9 Å². The van der Waals surface area contributed by atoms with E-state index >= 15 is 0 Å². The second-order valence-corrected chi connectivity index (χ2v) is 15.1. The third kappa shape index (κ3) is 5.17. The number of imidazole rings is 2. The van der Waals surface area contributed by atoms with Gasteiger partial charge in [-0.25, -0.2) is 9.97 Å². The summed E-state index contributed by atoms with van der Waals surface area (Å²) in [7, 11) is 0. The molecule has 0 amide bonds. The van der Waals surface area contributed by atoms with Crippen molar-refractivity contribution < 1.29 is 0 Å². The molecule has 0 radical (unpaired) electrons. The first kappa shape index (κ1) is 29.2. The molecule has 4 atom stereocenters. The molecule has 4 heterocycles.